The lowest BCUT2D eigenvalue weighted by atomic mass is 10.2. The molecule has 2 aromatic carbocycles. The number of ether oxygens (including phenoxy) is 1. The fourth-order valence-corrected chi connectivity index (χ4v) is 3.20. The van der Waals surface area contributed by atoms with Crippen LogP contribution in [0.25, 0.3) is 0 Å². The molecule has 0 N–H and O–H groups in total. The van der Waals surface area contributed by atoms with Crippen LogP contribution in [0.5, 0.6) is 11.5 Å². The van der Waals surface area contributed by atoms with Crippen LogP contribution in [0.15, 0.2) is 51.8 Å². The van der Waals surface area contributed by atoms with Crippen LogP contribution in [0.2, 0.25) is 0 Å². The zero-order valence-corrected chi connectivity index (χ0v) is 13.1. The smallest absolute Gasteiger partial charge is 0.261 e. The van der Waals surface area contributed by atoms with Crippen LogP contribution in [0.1, 0.15) is 5.56 Å². The zero-order chi connectivity index (χ0) is 14.0. The molecule has 0 heterocycles. The highest BCUT2D eigenvalue weighted by molar-refractivity contribution is 9.10. The van der Waals surface area contributed by atoms with Crippen molar-refractivity contribution < 1.29 is 13.2 Å². The lowest BCUT2D eigenvalue weighted by molar-refractivity contribution is 0.481. The van der Waals surface area contributed by atoms with Crippen molar-refractivity contribution in [3.63, 3.8) is 0 Å². The van der Waals surface area contributed by atoms with Gasteiger partial charge in [0.2, 0.25) is 0 Å². The van der Waals surface area contributed by atoms with Gasteiger partial charge in [0.25, 0.3) is 9.05 Å². The van der Waals surface area contributed by atoms with Gasteiger partial charge < -0.3 is 4.74 Å². The Labute approximate surface area is 124 Å². The van der Waals surface area contributed by atoms with Crippen LogP contribution in [0.3, 0.4) is 0 Å². The summed E-state index contributed by atoms with van der Waals surface area (Å²) < 4.78 is 29.1. The van der Waals surface area contributed by atoms with Crippen LogP contribution in [0.4, 0.5) is 0 Å². The second kappa shape index (κ2) is 5.53. The minimum atomic E-state index is -3.72. The summed E-state index contributed by atoms with van der Waals surface area (Å²) in [6.07, 6.45) is 0. The topological polar surface area (TPSA) is 43.4 Å². The molecule has 0 aliphatic heterocycles. The third kappa shape index (κ3) is 3.72. The standard InChI is InChI=1S/C13H10BrClO3S/c1-9-7-12(5-6-13(9)19(15,16)17)18-11-4-2-3-10(14)8-11/h2-8H,1H3. The van der Waals surface area contributed by atoms with E-state index in [0.717, 1.165) is 4.47 Å². The van der Waals surface area contributed by atoms with Gasteiger partial charge in [-0.3, -0.25) is 0 Å². The summed E-state index contributed by atoms with van der Waals surface area (Å²) >= 11 is 3.35. The molecule has 0 unspecified atom stereocenters. The summed E-state index contributed by atoms with van der Waals surface area (Å²) in [7, 11) is 1.60. The predicted molar refractivity (Wildman–Crippen MR) is 78.4 cm³/mol. The van der Waals surface area contributed by atoms with Gasteiger partial charge >= 0.3 is 0 Å². The molecule has 2 rings (SSSR count). The van der Waals surface area contributed by atoms with Crippen molar-refractivity contribution >= 4 is 35.7 Å². The number of aryl methyl sites for hydroxylation is 1. The highest BCUT2D eigenvalue weighted by Gasteiger charge is 2.13. The van der Waals surface area contributed by atoms with Crippen molar-refractivity contribution in [3.05, 3.63) is 52.5 Å². The molecule has 0 radical (unpaired) electrons. The molecule has 0 amide bonds. The number of hydrogen-bond acceptors (Lipinski definition) is 3. The van der Waals surface area contributed by atoms with E-state index in [9.17, 15) is 8.42 Å². The molecule has 6 heteroatoms. The van der Waals surface area contributed by atoms with Crippen molar-refractivity contribution in [2.45, 2.75) is 11.8 Å². The number of halogens is 2. The van der Waals surface area contributed by atoms with Crippen molar-refractivity contribution in [3.8, 4) is 11.5 Å². The van der Waals surface area contributed by atoms with E-state index in [1.807, 2.05) is 24.3 Å². The summed E-state index contributed by atoms with van der Waals surface area (Å²) in [6.45, 7) is 1.67. The first kappa shape index (κ1) is 14.4. The summed E-state index contributed by atoms with van der Waals surface area (Å²) in [5.41, 5.74) is 0.544. The van der Waals surface area contributed by atoms with Gasteiger partial charge in [0.05, 0.1) is 4.90 Å². The van der Waals surface area contributed by atoms with E-state index in [-0.39, 0.29) is 4.90 Å². The predicted octanol–water partition coefficient (Wildman–Crippen LogP) is 4.48. The maximum Gasteiger partial charge on any atom is 0.261 e. The molecule has 0 fully saturated rings. The SMILES string of the molecule is Cc1cc(Oc2cccc(Br)c2)ccc1S(=O)(=O)Cl. The normalized spacial score (nSPS) is 11.3. The molecule has 0 saturated heterocycles. The molecule has 19 heavy (non-hydrogen) atoms. The third-order valence-electron chi connectivity index (χ3n) is 2.44. The highest BCUT2D eigenvalue weighted by Crippen LogP contribution is 2.28. The average molecular weight is 362 g/mol. The van der Waals surface area contributed by atoms with E-state index in [2.05, 4.69) is 15.9 Å². The minimum absolute atomic E-state index is 0.0933. The maximum absolute atomic E-state index is 11.3. The van der Waals surface area contributed by atoms with Gasteiger partial charge in [0, 0.05) is 15.2 Å². The Balaban J connectivity index is 2.31. The second-order valence-corrected chi connectivity index (χ2v) is 7.37. The minimum Gasteiger partial charge on any atom is -0.457 e. The van der Waals surface area contributed by atoms with E-state index in [1.165, 1.54) is 6.07 Å². The van der Waals surface area contributed by atoms with Gasteiger partial charge in [0.15, 0.2) is 0 Å². The van der Waals surface area contributed by atoms with Gasteiger partial charge in [-0.1, -0.05) is 22.0 Å². The molecular formula is C13H10BrClO3S. The van der Waals surface area contributed by atoms with E-state index in [4.69, 9.17) is 15.4 Å². The molecule has 3 nitrogen and oxygen atoms in total. The molecule has 0 saturated carbocycles. The molecule has 100 valence electrons. The quantitative estimate of drug-likeness (QED) is 0.757. The molecule has 0 aromatic heterocycles. The van der Waals surface area contributed by atoms with Crippen molar-refractivity contribution in [2.24, 2.45) is 0 Å². The highest BCUT2D eigenvalue weighted by atomic mass is 79.9. The van der Waals surface area contributed by atoms with Gasteiger partial charge in [-0.05, 0) is 48.9 Å². The van der Waals surface area contributed by atoms with E-state index < -0.39 is 9.05 Å². The monoisotopic (exact) mass is 360 g/mol. The molecule has 0 aliphatic carbocycles. The molecule has 0 atom stereocenters. The Morgan fingerprint density at radius 1 is 1.11 bits per heavy atom. The first-order chi connectivity index (χ1) is 8.86. The Hall–Kier alpha value is -1.04. The Kier molecular flexibility index (Phi) is 4.18. The van der Waals surface area contributed by atoms with E-state index in [0.29, 0.717) is 17.1 Å². The Morgan fingerprint density at radius 3 is 2.37 bits per heavy atom. The van der Waals surface area contributed by atoms with Crippen molar-refractivity contribution in [1.29, 1.82) is 0 Å². The first-order valence-electron chi connectivity index (χ1n) is 5.35. The van der Waals surface area contributed by atoms with Crippen LogP contribution in [-0.2, 0) is 9.05 Å². The van der Waals surface area contributed by atoms with Crippen LogP contribution in [0, 0.1) is 6.92 Å². The van der Waals surface area contributed by atoms with Crippen molar-refractivity contribution in [1.82, 2.24) is 0 Å². The van der Waals surface area contributed by atoms with Gasteiger partial charge in [0.1, 0.15) is 11.5 Å². The van der Waals surface area contributed by atoms with E-state index in [1.54, 1.807) is 19.1 Å². The van der Waals surface area contributed by atoms with Gasteiger partial charge in [-0.25, -0.2) is 8.42 Å². The zero-order valence-electron chi connectivity index (χ0n) is 9.93. The summed E-state index contributed by atoms with van der Waals surface area (Å²) in [4.78, 5) is 0.0933. The summed E-state index contributed by atoms with van der Waals surface area (Å²) in [6, 6.07) is 12.0. The summed E-state index contributed by atoms with van der Waals surface area (Å²) in [5, 5.41) is 0. The number of rotatable bonds is 3. The third-order valence-corrected chi connectivity index (χ3v) is 4.42. The fourth-order valence-electron chi connectivity index (χ4n) is 1.63. The molecule has 0 bridgehead atoms. The average Bonchev–Trinajstić information content (AvgIpc) is 2.27. The van der Waals surface area contributed by atoms with Crippen LogP contribution < -0.4 is 4.74 Å². The summed E-state index contributed by atoms with van der Waals surface area (Å²) in [5.74, 6) is 1.22. The van der Waals surface area contributed by atoms with Gasteiger partial charge in [-0.2, -0.15) is 0 Å². The maximum atomic E-state index is 11.3. The van der Waals surface area contributed by atoms with Crippen molar-refractivity contribution in [2.75, 3.05) is 0 Å². The number of benzene rings is 2. The molecule has 0 spiro atoms. The van der Waals surface area contributed by atoms with Crippen LogP contribution >= 0.6 is 26.6 Å². The number of hydrogen-bond donors (Lipinski definition) is 0. The van der Waals surface area contributed by atoms with Crippen LogP contribution in [-0.4, -0.2) is 8.42 Å². The molecule has 2 aromatic rings. The molecule has 0 aliphatic rings. The largest absolute Gasteiger partial charge is 0.457 e. The van der Waals surface area contributed by atoms with Gasteiger partial charge in [-0.15, -0.1) is 0 Å². The molecular weight excluding hydrogens is 352 g/mol. The van der Waals surface area contributed by atoms with E-state index >= 15 is 0 Å². The fraction of sp³-hybridized carbons (Fsp3) is 0.0769. The Morgan fingerprint density at radius 2 is 1.79 bits per heavy atom. The first-order valence-corrected chi connectivity index (χ1v) is 8.45. The lowest BCUT2D eigenvalue weighted by Gasteiger charge is -2.08. The second-order valence-electron chi connectivity index (χ2n) is 3.92. The lowest BCUT2D eigenvalue weighted by Crippen LogP contribution is -1.95. The Bertz CT molecular complexity index is 714.